The highest BCUT2D eigenvalue weighted by molar-refractivity contribution is 7.21. The van der Waals surface area contributed by atoms with Crippen molar-refractivity contribution in [3.63, 3.8) is 0 Å². The number of nitrogens with one attached hydrogen (secondary N) is 1. The first kappa shape index (κ1) is 18.9. The van der Waals surface area contributed by atoms with Gasteiger partial charge < -0.3 is 9.73 Å². The molecule has 0 saturated carbocycles. The molecule has 1 fully saturated rings. The van der Waals surface area contributed by atoms with E-state index in [4.69, 9.17) is 4.42 Å². The van der Waals surface area contributed by atoms with Gasteiger partial charge in [0.2, 0.25) is 0 Å². The Bertz CT molecular complexity index is 1120. The number of benzene rings is 1. The Morgan fingerprint density at radius 3 is 2.77 bits per heavy atom. The van der Waals surface area contributed by atoms with Gasteiger partial charge in [-0.25, -0.2) is 15.0 Å². The summed E-state index contributed by atoms with van der Waals surface area (Å²) in [5.74, 6) is 0.607. The van der Waals surface area contributed by atoms with Gasteiger partial charge in [-0.2, -0.15) is 0 Å². The van der Waals surface area contributed by atoms with Gasteiger partial charge in [0.25, 0.3) is 5.91 Å². The summed E-state index contributed by atoms with van der Waals surface area (Å²) in [6, 6.07) is 11.7. The lowest BCUT2D eigenvalue weighted by molar-refractivity contribution is 0.0929. The van der Waals surface area contributed by atoms with Crippen molar-refractivity contribution in [1.82, 2.24) is 25.2 Å². The van der Waals surface area contributed by atoms with Crippen LogP contribution in [0, 0.1) is 0 Å². The van der Waals surface area contributed by atoms with E-state index in [2.05, 4.69) is 25.2 Å². The molecule has 8 heteroatoms. The number of furan rings is 1. The van der Waals surface area contributed by atoms with Gasteiger partial charge in [0.1, 0.15) is 16.5 Å². The SMILES string of the molecule is O=C(NC[C@H](c1ccco1)N1CCCC1)c1nccnc1-c1nc2ccccc2s1. The average Bonchev–Trinajstić information content (AvgIpc) is 3.55. The largest absolute Gasteiger partial charge is 0.468 e. The van der Waals surface area contributed by atoms with Crippen LogP contribution in [0.1, 0.15) is 35.1 Å². The van der Waals surface area contributed by atoms with Crippen molar-refractivity contribution >= 4 is 27.5 Å². The third kappa shape index (κ3) is 3.71. The van der Waals surface area contributed by atoms with E-state index in [-0.39, 0.29) is 17.6 Å². The van der Waals surface area contributed by atoms with Crippen LogP contribution in [0.5, 0.6) is 0 Å². The predicted octanol–water partition coefficient (Wildman–Crippen LogP) is 3.91. The van der Waals surface area contributed by atoms with Crippen molar-refractivity contribution in [3.8, 4) is 10.7 Å². The second-order valence-corrected chi connectivity index (χ2v) is 8.26. The molecule has 1 aliphatic rings. The highest BCUT2D eigenvalue weighted by Gasteiger charge is 2.27. The summed E-state index contributed by atoms with van der Waals surface area (Å²) in [5.41, 5.74) is 1.68. The number of nitrogens with zero attached hydrogens (tertiary/aromatic N) is 4. The Kier molecular flexibility index (Phi) is 5.25. The molecule has 1 saturated heterocycles. The average molecular weight is 420 g/mol. The third-order valence-corrected chi connectivity index (χ3v) is 6.36. The van der Waals surface area contributed by atoms with Crippen LogP contribution in [0.3, 0.4) is 0 Å². The van der Waals surface area contributed by atoms with Gasteiger partial charge in [0.15, 0.2) is 5.69 Å². The fourth-order valence-electron chi connectivity index (χ4n) is 3.85. The minimum atomic E-state index is -0.256. The molecule has 1 aromatic carbocycles. The molecule has 7 nitrogen and oxygen atoms in total. The quantitative estimate of drug-likeness (QED) is 0.510. The second kappa shape index (κ2) is 8.33. The second-order valence-electron chi connectivity index (χ2n) is 7.22. The van der Waals surface area contributed by atoms with E-state index in [1.54, 1.807) is 12.5 Å². The number of fused-ring (bicyclic) bond motifs is 1. The van der Waals surface area contributed by atoms with Crippen LogP contribution in [0.4, 0.5) is 0 Å². The molecule has 4 aromatic rings. The Morgan fingerprint density at radius 2 is 1.97 bits per heavy atom. The molecule has 5 rings (SSSR count). The number of aromatic nitrogens is 3. The van der Waals surface area contributed by atoms with E-state index in [0.29, 0.717) is 17.2 Å². The number of para-hydroxylation sites is 1. The predicted molar refractivity (Wildman–Crippen MR) is 115 cm³/mol. The first-order chi connectivity index (χ1) is 14.8. The van der Waals surface area contributed by atoms with Gasteiger partial charge in [-0.15, -0.1) is 11.3 Å². The number of amides is 1. The standard InChI is InChI=1S/C22H21N5O2S/c28-21(25-14-16(17-7-5-13-29-17)27-11-3-4-12-27)19-20(24-10-9-23-19)22-26-15-6-1-2-8-18(15)30-22/h1-2,5-10,13,16H,3-4,11-12,14H2,(H,25,28)/t16-/m1/s1. The number of carbonyl (C=O) groups excluding carboxylic acids is 1. The van der Waals surface area contributed by atoms with E-state index in [9.17, 15) is 4.79 Å². The van der Waals surface area contributed by atoms with Gasteiger partial charge in [-0.1, -0.05) is 12.1 Å². The molecule has 1 N–H and O–H groups in total. The Balaban J connectivity index is 1.38. The van der Waals surface area contributed by atoms with Crippen LogP contribution in [0.25, 0.3) is 20.9 Å². The topological polar surface area (TPSA) is 84.2 Å². The lowest BCUT2D eigenvalue weighted by Crippen LogP contribution is -2.37. The van der Waals surface area contributed by atoms with Crippen LogP contribution < -0.4 is 5.32 Å². The van der Waals surface area contributed by atoms with Crippen LogP contribution in [0.15, 0.2) is 59.5 Å². The highest BCUT2D eigenvalue weighted by Crippen LogP contribution is 2.30. The van der Waals surface area contributed by atoms with E-state index in [1.165, 1.54) is 17.5 Å². The van der Waals surface area contributed by atoms with Gasteiger partial charge in [-0.05, 0) is 50.2 Å². The lowest BCUT2D eigenvalue weighted by atomic mass is 10.2. The minimum Gasteiger partial charge on any atom is -0.468 e. The Morgan fingerprint density at radius 1 is 1.13 bits per heavy atom. The normalized spacial score (nSPS) is 15.5. The number of hydrogen-bond acceptors (Lipinski definition) is 7. The molecule has 0 bridgehead atoms. The fraction of sp³-hybridized carbons (Fsp3) is 0.273. The minimum absolute atomic E-state index is 0.00835. The molecule has 152 valence electrons. The maximum Gasteiger partial charge on any atom is 0.272 e. The van der Waals surface area contributed by atoms with Crippen LogP contribution >= 0.6 is 11.3 Å². The molecular weight excluding hydrogens is 398 g/mol. The zero-order chi connectivity index (χ0) is 20.3. The summed E-state index contributed by atoms with van der Waals surface area (Å²) >= 11 is 1.51. The van der Waals surface area contributed by atoms with Gasteiger partial charge >= 0.3 is 0 Å². The maximum absolute atomic E-state index is 13.1. The summed E-state index contributed by atoms with van der Waals surface area (Å²) in [6.07, 6.45) is 7.13. The Labute approximate surface area is 177 Å². The van der Waals surface area contributed by atoms with Crippen molar-refractivity contribution < 1.29 is 9.21 Å². The van der Waals surface area contributed by atoms with E-state index in [1.807, 2.05) is 36.4 Å². The van der Waals surface area contributed by atoms with Crippen molar-refractivity contribution in [1.29, 1.82) is 0 Å². The van der Waals surface area contributed by atoms with Gasteiger partial charge in [-0.3, -0.25) is 9.69 Å². The van der Waals surface area contributed by atoms with Gasteiger partial charge in [0, 0.05) is 18.9 Å². The molecule has 0 spiro atoms. The van der Waals surface area contributed by atoms with Crippen LogP contribution in [-0.2, 0) is 0 Å². The molecule has 0 aliphatic carbocycles. The molecular formula is C22H21N5O2S. The molecule has 1 atom stereocenters. The fourth-order valence-corrected chi connectivity index (χ4v) is 4.81. The third-order valence-electron chi connectivity index (χ3n) is 5.32. The molecule has 1 aliphatic heterocycles. The maximum atomic E-state index is 13.1. The van der Waals surface area contributed by atoms with Crippen LogP contribution in [-0.4, -0.2) is 45.4 Å². The lowest BCUT2D eigenvalue weighted by Gasteiger charge is -2.26. The summed E-state index contributed by atoms with van der Waals surface area (Å²) in [4.78, 5) is 28.8. The number of thiazole rings is 1. The first-order valence-electron chi connectivity index (χ1n) is 10.0. The van der Waals surface area contributed by atoms with E-state index in [0.717, 1.165) is 41.9 Å². The van der Waals surface area contributed by atoms with Crippen molar-refractivity contribution in [3.05, 3.63) is 66.5 Å². The smallest absolute Gasteiger partial charge is 0.272 e. The molecule has 30 heavy (non-hydrogen) atoms. The van der Waals surface area contributed by atoms with E-state index >= 15 is 0 Å². The molecule has 0 unspecified atom stereocenters. The van der Waals surface area contributed by atoms with Crippen LogP contribution in [0.2, 0.25) is 0 Å². The van der Waals surface area contributed by atoms with Crippen molar-refractivity contribution in [2.45, 2.75) is 18.9 Å². The number of rotatable bonds is 6. The molecule has 1 amide bonds. The first-order valence-corrected chi connectivity index (χ1v) is 10.8. The summed E-state index contributed by atoms with van der Waals surface area (Å²) in [6.45, 7) is 2.45. The zero-order valence-corrected chi connectivity index (χ0v) is 17.1. The van der Waals surface area contributed by atoms with Crippen molar-refractivity contribution in [2.75, 3.05) is 19.6 Å². The van der Waals surface area contributed by atoms with Gasteiger partial charge in [0.05, 0.1) is 22.5 Å². The summed E-state index contributed by atoms with van der Waals surface area (Å²) < 4.78 is 6.70. The molecule has 0 radical (unpaired) electrons. The molecule has 4 heterocycles. The monoisotopic (exact) mass is 419 g/mol. The highest BCUT2D eigenvalue weighted by atomic mass is 32.1. The van der Waals surface area contributed by atoms with E-state index < -0.39 is 0 Å². The Hall–Kier alpha value is -3.10. The summed E-state index contributed by atoms with van der Waals surface area (Å²) in [7, 11) is 0. The number of carbonyl (C=O) groups is 1. The number of likely N-dealkylation sites (tertiary alicyclic amines) is 1. The summed E-state index contributed by atoms with van der Waals surface area (Å²) in [5, 5.41) is 3.73. The van der Waals surface area contributed by atoms with Crippen molar-refractivity contribution in [2.24, 2.45) is 0 Å². The number of hydrogen-bond donors (Lipinski definition) is 1. The molecule has 3 aromatic heterocycles. The zero-order valence-electron chi connectivity index (χ0n) is 16.3.